The largest absolute Gasteiger partial charge is 0.394 e. The summed E-state index contributed by atoms with van der Waals surface area (Å²) < 4.78 is 6.77. The van der Waals surface area contributed by atoms with Gasteiger partial charge in [-0.15, -0.1) is 13.2 Å². The molecule has 212 valence electrons. The van der Waals surface area contributed by atoms with E-state index in [-0.39, 0.29) is 30.4 Å². The van der Waals surface area contributed by atoms with Crippen molar-refractivity contribution in [3.8, 4) is 0 Å². The van der Waals surface area contributed by atoms with Crippen LogP contribution in [0.15, 0.2) is 55.6 Å². The quantitative estimate of drug-likeness (QED) is 0.414. The van der Waals surface area contributed by atoms with Crippen LogP contribution < -0.4 is 0 Å². The van der Waals surface area contributed by atoms with Crippen molar-refractivity contribution >= 4 is 17.7 Å². The van der Waals surface area contributed by atoms with Gasteiger partial charge < -0.3 is 24.5 Å². The fourth-order valence-corrected chi connectivity index (χ4v) is 7.07. The van der Waals surface area contributed by atoms with E-state index in [2.05, 4.69) is 13.2 Å². The Morgan fingerprint density at radius 2 is 1.82 bits per heavy atom. The molecule has 0 aromatic heterocycles. The van der Waals surface area contributed by atoms with E-state index in [9.17, 15) is 19.5 Å². The first-order chi connectivity index (χ1) is 18.6. The van der Waals surface area contributed by atoms with Crippen LogP contribution in [-0.4, -0.2) is 86.6 Å². The second kappa shape index (κ2) is 11.3. The Hall–Kier alpha value is -2.97. The van der Waals surface area contributed by atoms with Gasteiger partial charge in [-0.25, -0.2) is 0 Å². The molecule has 1 N–H and O–H groups in total. The van der Waals surface area contributed by atoms with Crippen LogP contribution >= 0.6 is 0 Å². The molecule has 0 radical (unpaired) electrons. The second-order valence-electron chi connectivity index (χ2n) is 11.6. The summed E-state index contributed by atoms with van der Waals surface area (Å²) in [6.45, 7) is 16.1. The lowest BCUT2D eigenvalue weighted by Crippen LogP contribution is -2.59. The number of carbonyl (C=O) groups is 3. The lowest BCUT2D eigenvalue weighted by atomic mass is 9.66. The number of aliphatic hydroxyl groups excluding tert-OH is 1. The zero-order valence-electron chi connectivity index (χ0n) is 23.7. The van der Waals surface area contributed by atoms with Gasteiger partial charge in [-0.3, -0.25) is 14.4 Å². The Kier molecular flexibility index (Phi) is 8.38. The van der Waals surface area contributed by atoms with Crippen molar-refractivity contribution in [1.29, 1.82) is 0 Å². The molecule has 8 nitrogen and oxygen atoms in total. The highest BCUT2D eigenvalue weighted by Gasteiger charge is 2.78. The van der Waals surface area contributed by atoms with Crippen LogP contribution in [0.1, 0.15) is 52.5 Å². The maximum atomic E-state index is 14.3. The molecule has 3 fully saturated rings. The van der Waals surface area contributed by atoms with Gasteiger partial charge in [-0.05, 0) is 45.6 Å². The Bertz CT molecular complexity index is 1100. The first-order valence-corrected chi connectivity index (χ1v) is 14.1. The maximum absolute atomic E-state index is 14.3. The molecule has 6 atom stereocenters. The fraction of sp³-hybridized carbons (Fsp3) is 0.581. The summed E-state index contributed by atoms with van der Waals surface area (Å²) in [6.07, 6.45) is 4.91. The summed E-state index contributed by atoms with van der Waals surface area (Å²) in [5, 5.41) is 10.3. The number of ether oxygens (including phenoxy) is 1. The summed E-state index contributed by atoms with van der Waals surface area (Å²) >= 11 is 0. The minimum atomic E-state index is -1.13. The lowest BCUT2D eigenvalue weighted by Gasteiger charge is -2.40. The van der Waals surface area contributed by atoms with Crippen molar-refractivity contribution in [2.45, 2.75) is 82.8 Å². The normalized spacial score (nSPS) is 29.8. The molecule has 2 bridgehead atoms. The summed E-state index contributed by atoms with van der Waals surface area (Å²) in [5.74, 6) is -2.23. The van der Waals surface area contributed by atoms with Crippen LogP contribution in [0.4, 0.5) is 0 Å². The molecule has 0 saturated carbocycles. The minimum absolute atomic E-state index is 0.127. The first-order valence-electron chi connectivity index (χ1n) is 14.1. The third-order valence-electron chi connectivity index (χ3n) is 8.90. The Morgan fingerprint density at radius 3 is 2.38 bits per heavy atom. The van der Waals surface area contributed by atoms with Gasteiger partial charge in [0.05, 0.1) is 30.1 Å². The van der Waals surface area contributed by atoms with E-state index in [1.165, 1.54) is 0 Å². The van der Waals surface area contributed by atoms with Gasteiger partial charge >= 0.3 is 0 Å². The number of benzene rings is 1. The van der Waals surface area contributed by atoms with Crippen molar-refractivity contribution in [1.82, 2.24) is 14.7 Å². The lowest BCUT2D eigenvalue weighted by molar-refractivity contribution is -0.157. The number of fused-ring (bicyclic) bond motifs is 1. The van der Waals surface area contributed by atoms with E-state index >= 15 is 0 Å². The van der Waals surface area contributed by atoms with Gasteiger partial charge in [-0.1, -0.05) is 49.4 Å². The molecule has 3 heterocycles. The van der Waals surface area contributed by atoms with E-state index < -0.39 is 35.1 Å². The summed E-state index contributed by atoms with van der Waals surface area (Å²) in [4.78, 5) is 47.9. The highest BCUT2D eigenvalue weighted by Crippen LogP contribution is 2.64. The predicted octanol–water partition coefficient (Wildman–Crippen LogP) is 3.16. The Balaban J connectivity index is 1.79. The molecule has 3 aliphatic heterocycles. The SMILES string of the molecule is C=CCN(Cc1ccccc1)C(=O)[C@H]1[C@H]2C(=O)N([C@@H](CC)CO)C(C(=O)N(CC=C)C(C)C)C23CC[C@]1(C)O3. The van der Waals surface area contributed by atoms with Crippen molar-refractivity contribution in [2.75, 3.05) is 19.7 Å². The molecule has 4 rings (SSSR count). The number of hydrogen-bond donors (Lipinski definition) is 1. The van der Waals surface area contributed by atoms with Crippen LogP contribution in [-0.2, 0) is 25.7 Å². The molecule has 1 aromatic rings. The highest BCUT2D eigenvalue weighted by molar-refractivity contribution is 5.99. The van der Waals surface area contributed by atoms with Gasteiger partial charge in [0.1, 0.15) is 11.6 Å². The average Bonchev–Trinajstić information content (AvgIpc) is 3.48. The molecule has 1 aromatic carbocycles. The first kappa shape index (κ1) is 29.0. The van der Waals surface area contributed by atoms with Crippen LogP contribution in [0.25, 0.3) is 0 Å². The van der Waals surface area contributed by atoms with Crippen LogP contribution in [0.3, 0.4) is 0 Å². The van der Waals surface area contributed by atoms with Gasteiger partial charge in [0.25, 0.3) is 0 Å². The fourth-order valence-electron chi connectivity index (χ4n) is 7.07. The van der Waals surface area contributed by atoms with Gasteiger partial charge in [0, 0.05) is 25.7 Å². The van der Waals surface area contributed by atoms with Crippen LogP contribution in [0.5, 0.6) is 0 Å². The Labute approximate surface area is 232 Å². The average molecular weight is 538 g/mol. The number of nitrogens with zero attached hydrogens (tertiary/aromatic N) is 3. The molecule has 3 saturated heterocycles. The number of carbonyl (C=O) groups excluding carboxylic acids is 3. The predicted molar refractivity (Wildman–Crippen MR) is 149 cm³/mol. The number of amides is 3. The number of aliphatic hydroxyl groups is 1. The van der Waals surface area contributed by atoms with E-state index in [4.69, 9.17) is 4.74 Å². The van der Waals surface area contributed by atoms with Crippen LogP contribution in [0.2, 0.25) is 0 Å². The monoisotopic (exact) mass is 537 g/mol. The smallest absolute Gasteiger partial charge is 0.248 e. The Morgan fingerprint density at radius 1 is 1.15 bits per heavy atom. The van der Waals surface area contributed by atoms with Gasteiger partial charge in [-0.2, -0.15) is 0 Å². The van der Waals surface area contributed by atoms with E-state index in [0.29, 0.717) is 38.9 Å². The maximum Gasteiger partial charge on any atom is 0.248 e. The molecule has 2 unspecified atom stereocenters. The van der Waals surface area contributed by atoms with Gasteiger partial charge in [0.15, 0.2) is 0 Å². The molecule has 0 aliphatic carbocycles. The molecule has 39 heavy (non-hydrogen) atoms. The van der Waals surface area contributed by atoms with E-state index in [1.807, 2.05) is 58.0 Å². The van der Waals surface area contributed by atoms with Crippen molar-refractivity contribution < 1.29 is 24.2 Å². The standard InChI is InChI=1S/C31H43N3O5/c1-7-17-32(19-22-13-11-10-12-14-22)27(36)24-25-28(37)34(23(9-3)20-35)26(29(38)33(18-8-2)21(4)5)31(25)16-15-30(24,6)39-31/h7-8,10-14,21,23-26,35H,1-2,9,15-20H2,3-6H3/t23-,24+,25-,26?,30-,31?/m0/s1. The molecule has 1 spiro atoms. The third kappa shape index (κ3) is 4.72. The zero-order valence-corrected chi connectivity index (χ0v) is 23.7. The molecule has 3 aliphatic rings. The van der Waals surface area contributed by atoms with Crippen molar-refractivity contribution in [3.05, 3.63) is 61.2 Å². The minimum Gasteiger partial charge on any atom is -0.394 e. The van der Waals surface area contributed by atoms with E-state index in [1.54, 1.807) is 26.9 Å². The third-order valence-corrected chi connectivity index (χ3v) is 8.90. The molecule has 3 amide bonds. The topological polar surface area (TPSA) is 90.4 Å². The molecular weight excluding hydrogens is 494 g/mol. The van der Waals surface area contributed by atoms with E-state index in [0.717, 1.165) is 5.56 Å². The second-order valence-corrected chi connectivity index (χ2v) is 11.6. The highest BCUT2D eigenvalue weighted by atomic mass is 16.5. The summed E-state index contributed by atoms with van der Waals surface area (Å²) in [5.41, 5.74) is -1.03. The number of rotatable bonds is 12. The summed E-state index contributed by atoms with van der Waals surface area (Å²) in [6, 6.07) is 8.13. The van der Waals surface area contributed by atoms with Gasteiger partial charge in [0.2, 0.25) is 17.7 Å². The molecule has 8 heteroatoms. The van der Waals surface area contributed by atoms with Crippen molar-refractivity contribution in [3.63, 3.8) is 0 Å². The summed E-state index contributed by atoms with van der Waals surface area (Å²) in [7, 11) is 0. The zero-order chi connectivity index (χ0) is 28.5. The van der Waals surface area contributed by atoms with Crippen molar-refractivity contribution in [2.24, 2.45) is 11.8 Å². The van der Waals surface area contributed by atoms with Crippen LogP contribution in [0, 0.1) is 11.8 Å². The molecular formula is C31H43N3O5. The number of likely N-dealkylation sites (tertiary alicyclic amines) is 1. The number of hydrogen-bond acceptors (Lipinski definition) is 5.